The van der Waals surface area contributed by atoms with E-state index in [0.717, 1.165) is 5.57 Å². The topological polar surface area (TPSA) is 26.3 Å². The lowest BCUT2D eigenvalue weighted by atomic mass is 10.1. The summed E-state index contributed by atoms with van der Waals surface area (Å²) in [6.45, 7) is 9.71. The summed E-state index contributed by atoms with van der Waals surface area (Å²) in [6.07, 6.45) is 3.07. The molecule has 0 aliphatic carbocycles. The van der Waals surface area contributed by atoms with Crippen LogP contribution in [0.4, 0.5) is 0 Å². The minimum atomic E-state index is -0.291. The molecule has 0 spiro atoms. The van der Waals surface area contributed by atoms with E-state index in [2.05, 4.69) is 6.58 Å². The third-order valence-electron chi connectivity index (χ3n) is 1.60. The molecule has 0 bridgehead atoms. The van der Waals surface area contributed by atoms with E-state index < -0.39 is 0 Å². The van der Waals surface area contributed by atoms with Gasteiger partial charge in [0.15, 0.2) is 0 Å². The zero-order chi connectivity index (χ0) is 9.56. The lowest BCUT2D eigenvalue weighted by Gasteiger charge is -2.03. The average Bonchev–Trinajstić information content (AvgIpc) is 2.00. The molecule has 0 radical (unpaired) electrons. The summed E-state index contributed by atoms with van der Waals surface area (Å²) in [5.74, 6) is 0.0994. The molecule has 0 aromatic heterocycles. The molecule has 2 nitrogen and oxygen atoms in total. The summed E-state index contributed by atoms with van der Waals surface area (Å²) < 4.78 is 4.78. The van der Waals surface area contributed by atoms with Crippen molar-refractivity contribution in [2.45, 2.75) is 20.8 Å². The highest BCUT2D eigenvalue weighted by Gasteiger charge is 2.00. The second kappa shape index (κ2) is 5.58. The van der Waals surface area contributed by atoms with Crippen LogP contribution in [0.3, 0.4) is 0 Å². The van der Waals surface area contributed by atoms with Crippen molar-refractivity contribution in [1.29, 1.82) is 0 Å². The van der Waals surface area contributed by atoms with Crippen LogP contribution in [-0.4, -0.2) is 12.6 Å². The first-order chi connectivity index (χ1) is 5.57. The van der Waals surface area contributed by atoms with E-state index in [1.165, 1.54) is 6.08 Å². The first-order valence-electron chi connectivity index (χ1n) is 4.03. The summed E-state index contributed by atoms with van der Waals surface area (Å²) in [4.78, 5) is 11.0. The summed E-state index contributed by atoms with van der Waals surface area (Å²) in [5.41, 5.74) is 1.03. The summed E-state index contributed by atoms with van der Waals surface area (Å²) in [6, 6.07) is 0. The Balaban J connectivity index is 3.96. The smallest absolute Gasteiger partial charge is 0.331 e. The van der Waals surface area contributed by atoms with Crippen molar-refractivity contribution in [2.75, 3.05) is 6.61 Å². The Hall–Kier alpha value is -1.05. The Labute approximate surface area is 73.9 Å². The Morgan fingerprint density at radius 3 is 2.58 bits per heavy atom. The van der Waals surface area contributed by atoms with E-state index in [9.17, 15) is 4.79 Å². The molecule has 0 atom stereocenters. The van der Waals surface area contributed by atoms with E-state index in [1.807, 2.05) is 20.8 Å². The van der Waals surface area contributed by atoms with Crippen LogP contribution in [0.15, 0.2) is 24.3 Å². The van der Waals surface area contributed by atoms with E-state index in [1.54, 1.807) is 6.08 Å². The van der Waals surface area contributed by atoms with Crippen LogP contribution in [0.25, 0.3) is 0 Å². The monoisotopic (exact) mass is 168 g/mol. The molecule has 0 aromatic carbocycles. The van der Waals surface area contributed by atoms with Crippen molar-refractivity contribution in [3.63, 3.8) is 0 Å². The number of hydrogen-bond acceptors (Lipinski definition) is 2. The second-order valence-electron chi connectivity index (χ2n) is 2.96. The van der Waals surface area contributed by atoms with Gasteiger partial charge in [-0.3, -0.25) is 0 Å². The maximum Gasteiger partial charge on any atom is 0.331 e. The number of rotatable bonds is 4. The summed E-state index contributed by atoms with van der Waals surface area (Å²) in [5, 5.41) is 0. The predicted octanol–water partition coefficient (Wildman–Crippen LogP) is 2.32. The van der Waals surface area contributed by atoms with Gasteiger partial charge in [-0.25, -0.2) is 4.79 Å². The molecule has 0 amide bonds. The molecule has 0 saturated carbocycles. The lowest BCUT2D eigenvalue weighted by Crippen LogP contribution is -2.02. The normalized spacial score (nSPS) is 11.5. The van der Waals surface area contributed by atoms with Gasteiger partial charge < -0.3 is 4.74 Å². The largest absolute Gasteiger partial charge is 0.458 e. The number of carbonyl (C=O) groups is 1. The standard InChI is InChI=1S/C10H16O2/c1-5-6-12-10(11)7-9(4)8(2)3/h5,7-8H,1,6H2,2-4H3/b9-7+. The molecule has 68 valence electrons. The van der Waals surface area contributed by atoms with Gasteiger partial charge >= 0.3 is 5.97 Å². The molecule has 0 N–H and O–H groups in total. The van der Waals surface area contributed by atoms with Crippen molar-refractivity contribution in [3.8, 4) is 0 Å². The fourth-order valence-corrected chi connectivity index (χ4v) is 0.535. The number of esters is 1. The lowest BCUT2D eigenvalue weighted by molar-refractivity contribution is -0.136. The van der Waals surface area contributed by atoms with Gasteiger partial charge in [0.2, 0.25) is 0 Å². The maximum absolute atomic E-state index is 11.0. The summed E-state index contributed by atoms with van der Waals surface area (Å²) >= 11 is 0. The van der Waals surface area contributed by atoms with Crippen molar-refractivity contribution >= 4 is 5.97 Å². The predicted molar refractivity (Wildman–Crippen MR) is 49.8 cm³/mol. The van der Waals surface area contributed by atoms with Crippen LogP contribution in [0.1, 0.15) is 20.8 Å². The van der Waals surface area contributed by atoms with Gasteiger partial charge in [0, 0.05) is 6.08 Å². The van der Waals surface area contributed by atoms with E-state index in [0.29, 0.717) is 5.92 Å². The zero-order valence-electron chi connectivity index (χ0n) is 7.96. The maximum atomic E-state index is 11.0. The Morgan fingerprint density at radius 1 is 1.58 bits per heavy atom. The zero-order valence-corrected chi connectivity index (χ0v) is 7.96. The SMILES string of the molecule is C=CCOC(=O)/C=C(\C)C(C)C. The van der Waals surface area contributed by atoms with Gasteiger partial charge in [-0.05, 0) is 12.8 Å². The van der Waals surface area contributed by atoms with Gasteiger partial charge in [-0.15, -0.1) is 0 Å². The van der Waals surface area contributed by atoms with Crippen molar-refractivity contribution in [3.05, 3.63) is 24.3 Å². The van der Waals surface area contributed by atoms with Gasteiger partial charge in [-0.2, -0.15) is 0 Å². The highest BCUT2D eigenvalue weighted by Crippen LogP contribution is 2.07. The van der Waals surface area contributed by atoms with Gasteiger partial charge in [0.25, 0.3) is 0 Å². The van der Waals surface area contributed by atoms with Gasteiger partial charge in [0.1, 0.15) is 6.61 Å². The highest BCUT2D eigenvalue weighted by atomic mass is 16.5. The average molecular weight is 168 g/mol. The highest BCUT2D eigenvalue weighted by molar-refractivity contribution is 5.82. The molecular formula is C10H16O2. The minimum absolute atomic E-state index is 0.278. The van der Waals surface area contributed by atoms with Gasteiger partial charge in [-0.1, -0.05) is 32.1 Å². The quantitative estimate of drug-likeness (QED) is 0.366. The van der Waals surface area contributed by atoms with Crippen LogP contribution in [0, 0.1) is 5.92 Å². The fraction of sp³-hybridized carbons (Fsp3) is 0.500. The van der Waals surface area contributed by atoms with E-state index in [4.69, 9.17) is 4.74 Å². The van der Waals surface area contributed by atoms with Crippen LogP contribution < -0.4 is 0 Å². The molecule has 0 saturated heterocycles. The van der Waals surface area contributed by atoms with E-state index >= 15 is 0 Å². The third-order valence-corrected chi connectivity index (χ3v) is 1.60. The molecule has 0 aliphatic heterocycles. The number of allylic oxidation sites excluding steroid dienone is 1. The molecule has 0 aliphatic rings. The van der Waals surface area contributed by atoms with E-state index in [-0.39, 0.29) is 12.6 Å². The molecular weight excluding hydrogens is 152 g/mol. The molecule has 2 heteroatoms. The molecule has 0 heterocycles. The Kier molecular flexibility index (Phi) is 5.09. The fourth-order valence-electron chi connectivity index (χ4n) is 0.535. The number of ether oxygens (including phenoxy) is 1. The first-order valence-corrected chi connectivity index (χ1v) is 4.03. The molecule has 0 unspecified atom stereocenters. The van der Waals surface area contributed by atoms with Crippen molar-refractivity contribution in [1.82, 2.24) is 0 Å². The molecule has 0 aromatic rings. The Bertz CT molecular complexity index is 190. The van der Waals surface area contributed by atoms with Crippen LogP contribution in [0.2, 0.25) is 0 Å². The third kappa shape index (κ3) is 4.72. The molecule has 12 heavy (non-hydrogen) atoms. The molecule has 0 fully saturated rings. The van der Waals surface area contributed by atoms with Crippen molar-refractivity contribution in [2.24, 2.45) is 5.92 Å². The minimum Gasteiger partial charge on any atom is -0.458 e. The van der Waals surface area contributed by atoms with Crippen LogP contribution in [0.5, 0.6) is 0 Å². The molecule has 0 rings (SSSR count). The summed E-state index contributed by atoms with van der Waals surface area (Å²) in [7, 11) is 0. The van der Waals surface area contributed by atoms with Gasteiger partial charge in [0.05, 0.1) is 0 Å². The van der Waals surface area contributed by atoms with Crippen LogP contribution >= 0.6 is 0 Å². The Morgan fingerprint density at radius 2 is 2.17 bits per heavy atom. The number of carbonyl (C=O) groups excluding carboxylic acids is 1. The first kappa shape index (κ1) is 11.0. The second-order valence-corrected chi connectivity index (χ2v) is 2.96. The van der Waals surface area contributed by atoms with Crippen molar-refractivity contribution < 1.29 is 9.53 Å². The number of hydrogen-bond donors (Lipinski definition) is 0. The van der Waals surface area contributed by atoms with Crippen LogP contribution in [-0.2, 0) is 9.53 Å².